The molecule has 0 saturated heterocycles. The van der Waals surface area contributed by atoms with Crippen LogP contribution in [0.1, 0.15) is 40.0 Å². The molecule has 1 aliphatic carbocycles. The summed E-state index contributed by atoms with van der Waals surface area (Å²) in [7, 11) is 0. The van der Waals surface area contributed by atoms with Crippen molar-refractivity contribution < 1.29 is 14.7 Å². The van der Waals surface area contributed by atoms with Crippen molar-refractivity contribution in [3.05, 3.63) is 0 Å². The number of carbonyl (C=O) groups is 2. The average Bonchev–Trinajstić information content (AvgIpc) is 3.08. The first-order chi connectivity index (χ1) is 8.43. The first-order valence-electron chi connectivity index (χ1n) is 6.55. The molecule has 4 nitrogen and oxygen atoms in total. The summed E-state index contributed by atoms with van der Waals surface area (Å²) in [5, 5.41) is 9.02. The van der Waals surface area contributed by atoms with Gasteiger partial charge in [-0.15, -0.1) is 0 Å². The average molecular weight is 273 g/mol. The third-order valence-corrected chi connectivity index (χ3v) is 4.04. The largest absolute Gasteiger partial charge is 0.480 e. The fourth-order valence-electron chi connectivity index (χ4n) is 1.76. The predicted molar refractivity (Wildman–Crippen MR) is 73.7 cm³/mol. The number of amides is 1. The second-order valence-electron chi connectivity index (χ2n) is 5.28. The molecule has 1 aliphatic rings. The van der Waals surface area contributed by atoms with Crippen LogP contribution in [0.25, 0.3) is 0 Å². The molecule has 1 atom stereocenters. The van der Waals surface area contributed by atoms with E-state index in [0.29, 0.717) is 11.7 Å². The SMILES string of the molecule is CC(C)CCSCC(=O)N(C1CC1)C(C)C(=O)O. The van der Waals surface area contributed by atoms with E-state index in [4.69, 9.17) is 5.11 Å². The van der Waals surface area contributed by atoms with Gasteiger partial charge in [0.25, 0.3) is 0 Å². The van der Waals surface area contributed by atoms with Crippen molar-refractivity contribution in [3.63, 3.8) is 0 Å². The van der Waals surface area contributed by atoms with Crippen molar-refractivity contribution in [3.8, 4) is 0 Å². The molecule has 0 heterocycles. The van der Waals surface area contributed by atoms with Crippen molar-refractivity contribution in [1.82, 2.24) is 4.90 Å². The van der Waals surface area contributed by atoms with Gasteiger partial charge in [-0.2, -0.15) is 11.8 Å². The van der Waals surface area contributed by atoms with Crippen LogP contribution in [-0.4, -0.2) is 45.5 Å². The summed E-state index contributed by atoms with van der Waals surface area (Å²) in [5.41, 5.74) is 0. The Morgan fingerprint density at radius 1 is 1.33 bits per heavy atom. The molecule has 1 amide bonds. The van der Waals surface area contributed by atoms with Gasteiger partial charge in [0, 0.05) is 6.04 Å². The third-order valence-electron chi connectivity index (χ3n) is 3.07. The number of thioether (sulfide) groups is 1. The van der Waals surface area contributed by atoms with E-state index < -0.39 is 12.0 Å². The lowest BCUT2D eigenvalue weighted by molar-refractivity contribution is -0.148. The molecule has 104 valence electrons. The quantitative estimate of drug-likeness (QED) is 0.689. The molecular formula is C13H23NO3S. The fraction of sp³-hybridized carbons (Fsp3) is 0.846. The van der Waals surface area contributed by atoms with Crippen LogP contribution in [0.15, 0.2) is 0 Å². The molecule has 1 saturated carbocycles. The van der Waals surface area contributed by atoms with Gasteiger partial charge in [-0.05, 0) is 37.9 Å². The van der Waals surface area contributed by atoms with E-state index in [1.54, 1.807) is 23.6 Å². The van der Waals surface area contributed by atoms with Crippen LogP contribution in [0.2, 0.25) is 0 Å². The smallest absolute Gasteiger partial charge is 0.326 e. The molecular weight excluding hydrogens is 250 g/mol. The monoisotopic (exact) mass is 273 g/mol. The fourth-order valence-corrected chi connectivity index (χ4v) is 2.87. The Balaban J connectivity index is 2.38. The van der Waals surface area contributed by atoms with Crippen LogP contribution < -0.4 is 0 Å². The molecule has 1 N–H and O–H groups in total. The van der Waals surface area contributed by atoms with Gasteiger partial charge in [-0.25, -0.2) is 4.79 Å². The molecule has 1 fully saturated rings. The summed E-state index contributed by atoms with van der Waals surface area (Å²) in [6.07, 6.45) is 2.98. The second kappa shape index (κ2) is 7.02. The Labute approximate surface area is 113 Å². The molecule has 1 unspecified atom stereocenters. The Morgan fingerprint density at radius 2 is 1.94 bits per heavy atom. The first kappa shape index (κ1) is 15.3. The van der Waals surface area contributed by atoms with Crippen LogP contribution in [0.3, 0.4) is 0 Å². The van der Waals surface area contributed by atoms with Crippen LogP contribution in [0.5, 0.6) is 0 Å². The van der Waals surface area contributed by atoms with Gasteiger partial charge in [0.1, 0.15) is 6.04 Å². The van der Waals surface area contributed by atoms with Crippen LogP contribution in [0, 0.1) is 5.92 Å². The molecule has 0 aromatic carbocycles. The van der Waals surface area contributed by atoms with Crippen LogP contribution in [-0.2, 0) is 9.59 Å². The summed E-state index contributed by atoms with van der Waals surface area (Å²) < 4.78 is 0. The Bertz CT molecular complexity index is 303. The summed E-state index contributed by atoms with van der Waals surface area (Å²) in [5.74, 6) is 1.07. The zero-order valence-corrected chi connectivity index (χ0v) is 12.2. The minimum absolute atomic E-state index is 0.0267. The lowest BCUT2D eigenvalue weighted by Crippen LogP contribution is -2.45. The van der Waals surface area contributed by atoms with Gasteiger partial charge >= 0.3 is 5.97 Å². The van der Waals surface area contributed by atoms with Crippen molar-refractivity contribution >= 4 is 23.6 Å². The van der Waals surface area contributed by atoms with Gasteiger partial charge in [0.15, 0.2) is 0 Å². The van der Waals surface area contributed by atoms with Gasteiger partial charge < -0.3 is 10.0 Å². The maximum Gasteiger partial charge on any atom is 0.326 e. The number of carboxylic acids is 1. The molecule has 0 spiro atoms. The molecule has 1 rings (SSSR count). The van der Waals surface area contributed by atoms with E-state index >= 15 is 0 Å². The molecule has 18 heavy (non-hydrogen) atoms. The molecule has 0 aromatic heterocycles. The lowest BCUT2D eigenvalue weighted by atomic mass is 10.2. The summed E-state index contributed by atoms with van der Waals surface area (Å²) in [6, 6.07) is -0.537. The van der Waals surface area contributed by atoms with Gasteiger partial charge in [-0.1, -0.05) is 13.8 Å². The number of aliphatic carboxylic acids is 1. The Hall–Kier alpha value is -0.710. The summed E-state index contributed by atoms with van der Waals surface area (Å²) in [6.45, 7) is 5.91. The van der Waals surface area contributed by atoms with Gasteiger partial charge in [-0.3, -0.25) is 4.79 Å². The molecule has 5 heteroatoms. The zero-order valence-electron chi connectivity index (χ0n) is 11.4. The van der Waals surface area contributed by atoms with Crippen molar-refractivity contribution in [2.45, 2.75) is 52.1 Å². The highest BCUT2D eigenvalue weighted by atomic mass is 32.2. The van der Waals surface area contributed by atoms with Gasteiger partial charge in [0.05, 0.1) is 5.75 Å². The number of carboxylic acid groups (broad SMARTS) is 1. The van der Waals surface area contributed by atoms with E-state index in [1.165, 1.54) is 0 Å². The third kappa shape index (κ3) is 4.88. The Morgan fingerprint density at radius 3 is 2.39 bits per heavy atom. The van der Waals surface area contributed by atoms with E-state index in [9.17, 15) is 9.59 Å². The maximum absolute atomic E-state index is 12.1. The van der Waals surface area contributed by atoms with E-state index in [0.717, 1.165) is 25.0 Å². The van der Waals surface area contributed by atoms with E-state index in [-0.39, 0.29) is 11.9 Å². The van der Waals surface area contributed by atoms with Crippen molar-refractivity contribution in [1.29, 1.82) is 0 Å². The topological polar surface area (TPSA) is 57.6 Å². The van der Waals surface area contributed by atoms with Crippen LogP contribution in [0.4, 0.5) is 0 Å². The highest BCUT2D eigenvalue weighted by Gasteiger charge is 2.37. The molecule has 0 radical (unpaired) electrons. The predicted octanol–water partition coefficient (Wildman–Crippen LogP) is 2.23. The van der Waals surface area contributed by atoms with E-state index in [1.807, 2.05) is 0 Å². The number of hydrogen-bond donors (Lipinski definition) is 1. The van der Waals surface area contributed by atoms with Crippen LogP contribution >= 0.6 is 11.8 Å². The first-order valence-corrected chi connectivity index (χ1v) is 7.70. The number of hydrogen-bond acceptors (Lipinski definition) is 3. The summed E-state index contributed by atoms with van der Waals surface area (Å²) >= 11 is 1.61. The molecule has 0 aromatic rings. The Kier molecular flexibility index (Phi) is 5.99. The molecule has 0 aliphatic heterocycles. The highest BCUT2D eigenvalue weighted by Crippen LogP contribution is 2.29. The van der Waals surface area contributed by atoms with Gasteiger partial charge in [0.2, 0.25) is 5.91 Å². The number of nitrogens with zero attached hydrogens (tertiary/aromatic N) is 1. The minimum Gasteiger partial charge on any atom is -0.480 e. The number of rotatable bonds is 8. The highest BCUT2D eigenvalue weighted by molar-refractivity contribution is 7.99. The van der Waals surface area contributed by atoms with E-state index in [2.05, 4.69) is 13.8 Å². The normalized spacial score (nSPS) is 16.7. The minimum atomic E-state index is -0.914. The number of carbonyl (C=O) groups excluding carboxylic acids is 1. The zero-order chi connectivity index (χ0) is 13.7. The lowest BCUT2D eigenvalue weighted by Gasteiger charge is -2.26. The molecule has 0 bridgehead atoms. The van der Waals surface area contributed by atoms with Crippen molar-refractivity contribution in [2.75, 3.05) is 11.5 Å². The van der Waals surface area contributed by atoms with Crippen molar-refractivity contribution in [2.24, 2.45) is 5.92 Å². The standard InChI is InChI=1S/C13H23NO3S/c1-9(2)6-7-18-8-12(15)14(11-4-5-11)10(3)13(16)17/h9-11H,4-8H2,1-3H3,(H,16,17). The second-order valence-corrected chi connectivity index (χ2v) is 6.39. The maximum atomic E-state index is 12.1. The summed E-state index contributed by atoms with van der Waals surface area (Å²) in [4.78, 5) is 24.6.